The van der Waals surface area contributed by atoms with Gasteiger partial charge < -0.3 is 51.1 Å². The van der Waals surface area contributed by atoms with Gasteiger partial charge in [0.2, 0.25) is 59.1 Å². The zero-order valence-electron chi connectivity index (χ0n) is 99.3. The Bertz CT molecular complexity index is 4200. The molecule has 0 aromatic heterocycles. The minimum Gasteiger partial charge on any atom is -0.396 e. The summed E-state index contributed by atoms with van der Waals surface area (Å²) in [6, 6.07) is 7.04. The van der Waals surface area contributed by atoms with E-state index in [1.165, 1.54) is 38.2 Å². The number of likely N-dealkylation sites (tertiary alicyclic amines) is 3. The molecule has 4 atom stereocenters. The normalized spacial score (nSPS) is 15.1. The van der Waals surface area contributed by atoms with E-state index in [2.05, 4.69) is 111 Å². The van der Waals surface area contributed by atoms with Crippen molar-refractivity contribution in [2.75, 3.05) is 78.9 Å². The topological polar surface area (TPSA) is 453 Å². The largest absolute Gasteiger partial charge is 0.396 e. The number of unbranched alkanes of at least 4 members (excludes halogenated alkanes) is 4. The van der Waals surface area contributed by atoms with Crippen molar-refractivity contribution < 1.29 is 101 Å². The number of carbonyl (C=O) groups excluding carboxylic acids is 16. The molecular formula is C115H204N12O21S2. The van der Waals surface area contributed by atoms with Crippen LogP contribution in [-0.2, 0) is 107 Å². The van der Waals surface area contributed by atoms with Crippen molar-refractivity contribution in [1.29, 1.82) is 0 Å². The van der Waals surface area contributed by atoms with Crippen molar-refractivity contribution in [2.45, 2.75) is 417 Å². The Hall–Kier alpha value is -8.96. The molecule has 150 heavy (non-hydrogen) atoms. The Morgan fingerprint density at radius 1 is 0.367 bits per heavy atom. The number of rotatable bonds is 65. The maximum atomic E-state index is 12.2. The van der Waals surface area contributed by atoms with Gasteiger partial charge in [-0.15, -0.1) is 23.5 Å². The zero-order chi connectivity index (χ0) is 116. The molecule has 0 aliphatic carbocycles. The lowest BCUT2D eigenvalue weighted by Crippen LogP contribution is -2.47. The van der Waals surface area contributed by atoms with Gasteiger partial charge in [0.05, 0.1) is 53.0 Å². The van der Waals surface area contributed by atoms with E-state index in [9.17, 15) is 76.7 Å². The first-order valence-corrected chi connectivity index (χ1v) is 57.0. The van der Waals surface area contributed by atoms with E-state index in [4.69, 9.17) is 29.8 Å². The van der Waals surface area contributed by atoms with Gasteiger partial charge in [-0.25, -0.2) is 0 Å². The fraction of sp³-hybridized carbons (Fsp3) is 0.774. The van der Waals surface area contributed by atoms with Gasteiger partial charge >= 0.3 is 0 Å². The fourth-order valence-corrected chi connectivity index (χ4v) is 15.1. The molecule has 4 unspecified atom stereocenters. The summed E-state index contributed by atoms with van der Waals surface area (Å²) in [6.07, 6.45) is 13.8. The van der Waals surface area contributed by atoms with Crippen molar-refractivity contribution in [1.82, 2.24) is 36.0 Å². The minimum atomic E-state index is -0.824. The summed E-state index contributed by atoms with van der Waals surface area (Å²) in [5.41, 5.74) is 10.9. The highest BCUT2D eigenvalue weighted by Crippen LogP contribution is 2.31. The predicted octanol–water partition coefficient (Wildman–Crippen LogP) is 19.8. The van der Waals surface area contributed by atoms with Gasteiger partial charge in [-0.3, -0.25) is 91.4 Å². The van der Waals surface area contributed by atoms with E-state index < -0.39 is 11.9 Å². The summed E-state index contributed by atoms with van der Waals surface area (Å²) in [6.45, 7) is 75.9. The second-order valence-electron chi connectivity index (χ2n) is 43.8. The first-order valence-electron chi connectivity index (χ1n) is 55.1. The Labute approximate surface area is 912 Å². The molecule has 3 fully saturated rings. The van der Waals surface area contributed by atoms with Gasteiger partial charge in [-0.1, -0.05) is 266 Å². The van der Waals surface area contributed by atoms with Crippen molar-refractivity contribution in [3.63, 3.8) is 0 Å². The summed E-state index contributed by atoms with van der Waals surface area (Å²) < 4.78 is 5.33. The number of nitrogens with zero attached hydrogens (tertiary/aromatic N) is 7. The molecule has 10 amide bonds. The third-order valence-corrected chi connectivity index (χ3v) is 26.5. The number of hydrogen-bond acceptors (Lipinski definition) is 28. The predicted molar refractivity (Wildman–Crippen MR) is 609 cm³/mol. The molecular weight excluding hydrogens is 1950 g/mol. The van der Waals surface area contributed by atoms with E-state index in [1.807, 2.05) is 204 Å². The fourth-order valence-electron chi connectivity index (χ4n) is 12.8. The average molecular weight is 2160 g/mol. The molecule has 0 saturated carbocycles. The third kappa shape index (κ3) is 75.7. The summed E-state index contributed by atoms with van der Waals surface area (Å²) in [5, 5.41) is 27.5. The molecule has 3 aliphatic rings. The Morgan fingerprint density at radius 3 is 1.04 bits per heavy atom. The van der Waals surface area contributed by atoms with Crippen LogP contribution in [0.4, 0.5) is 0 Å². The number of thioether (sulfide) groups is 2. The molecule has 4 rings (SSSR count). The number of primary amides is 1. The van der Waals surface area contributed by atoms with Crippen LogP contribution in [0.15, 0.2) is 44.9 Å². The minimum absolute atomic E-state index is 0.0382. The van der Waals surface area contributed by atoms with Crippen LogP contribution in [0.2, 0.25) is 0 Å². The number of ketones is 6. The summed E-state index contributed by atoms with van der Waals surface area (Å²) in [5.74, 6) is 3.29. The standard InChI is InChI=1S/C27H44N4O5.C17H29N3O4S.C14H27NO2.C13H26N2O2.C13H21NO3S.C13H21NO3.2C9H18O/c1-19(2)25(32)9-7-6-8-15-36-31-21(5)23-12-10-22(11-13-23)17-24(27(28)34)30-26(33)18-35-16-14-29-20(3)4;1-11(2)13(5)19-24-9-7-18-15(21)6-8-20-16(22)10-14(17(20)23)25-12(3)4;1-11(2)13(5)15-17-10-8-6-7-9-14(16)12(3)4;1-10(2)6-7-13(16)14-8-9-17-15-12(5)11(3)4;1-8(2)10(15)5-6-14-12(16)7-11(13(14)17)18-9(3)4;1-8(2)10-7-12(16)14(13(10)17)6-5-11(15)9(3)4;2*1-7(2)5-6-9(10)8(3)4/h10-13,19-20,24,29H,6-9,14-18H2,1-5H3,(H2,28,34)(H,30,33);11-12,14H,6-10H2,1-5H3,(H,18,21);11-12H,6-10H2,1-5H3;10-11H,6-9H2,1-5H3,(H,14,16);8-9,11H,5-7H2,1-4H3;8-10H,5-7H2,1-4H3;2*7-8H,5-6H2,1-4H3/b31-21+;19-13+;15-13+;15-12+;;;;. The van der Waals surface area contributed by atoms with Crippen LogP contribution >= 0.6 is 23.5 Å². The number of hydrogen-bond donors (Lipinski definition) is 5. The van der Waals surface area contributed by atoms with E-state index >= 15 is 0 Å². The molecule has 862 valence electrons. The highest BCUT2D eigenvalue weighted by atomic mass is 32.2. The highest BCUT2D eigenvalue weighted by Gasteiger charge is 2.42. The molecule has 0 radical (unpaired) electrons. The number of benzene rings is 1. The summed E-state index contributed by atoms with van der Waals surface area (Å²) in [7, 11) is 0. The van der Waals surface area contributed by atoms with E-state index in [0.29, 0.717) is 142 Å². The average Bonchev–Trinajstić information content (AvgIpc) is 1.67. The lowest BCUT2D eigenvalue weighted by molar-refractivity contribution is -0.141. The molecule has 6 N–H and O–H groups in total. The van der Waals surface area contributed by atoms with E-state index in [-0.39, 0.29) is 199 Å². The molecule has 1 aromatic carbocycles. The number of ether oxygens (including phenoxy) is 1. The van der Waals surface area contributed by atoms with Crippen LogP contribution in [0.3, 0.4) is 0 Å². The van der Waals surface area contributed by atoms with Crippen molar-refractivity contribution >= 4 is 140 Å². The zero-order valence-corrected chi connectivity index (χ0v) is 101. The lowest BCUT2D eigenvalue weighted by atomic mass is 9.94. The first-order chi connectivity index (χ1) is 69.9. The van der Waals surface area contributed by atoms with Crippen LogP contribution in [0.1, 0.15) is 389 Å². The van der Waals surface area contributed by atoms with Crippen molar-refractivity contribution in [3.8, 4) is 0 Å². The third-order valence-electron chi connectivity index (χ3n) is 24.0. The van der Waals surface area contributed by atoms with Crippen LogP contribution in [0.25, 0.3) is 0 Å². The number of carbonyl (C=O) groups is 16. The number of Topliss-reactive ketones (excluding diaryl/α,β-unsaturated/α-hetero) is 6. The van der Waals surface area contributed by atoms with Crippen LogP contribution in [-0.4, -0.2) is 243 Å². The first kappa shape index (κ1) is 147. The van der Waals surface area contributed by atoms with Gasteiger partial charge in [-0.05, 0) is 149 Å². The van der Waals surface area contributed by atoms with Crippen LogP contribution in [0, 0.1) is 82.9 Å². The molecule has 3 saturated heterocycles. The Balaban J connectivity index is -0.000000839. The monoisotopic (exact) mass is 2150 g/mol. The van der Waals surface area contributed by atoms with Gasteiger partial charge in [0.25, 0.3) is 0 Å². The van der Waals surface area contributed by atoms with Crippen LogP contribution in [0.5, 0.6) is 0 Å². The molecule has 3 heterocycles. The van der Waals surface area contributed by atoms with Gasteiger partial charge in [0, 0.05) is 151 Å². The summed E-state index contributed by atoms with van der Waals surface area (Å²) in [4.78, 5) is 211. The van der Waals surface area contributed by atoms with E-state index in [0.717, 1.165) is 105 Å². The maximum absolute atomic E-state index is 12.2. The number of amides is 10. The second-order valence-corrected chi connectivity index (χ2v) is 47.4. The number of oxime groups is 4. The molecule has 0 spiro atoms. The van der Waals surface area contributed by atoms with Gasteiger partial charge in [-0.2, -0.15) is 0 Å². The van der Waals surface area contributed by atoms with Crippen LogP contribution < -0.4 is 27.0 Å². The van der Waals surface area contributed by atoms with Gasteiger partial charge in [0.1, 0.15) is 73.8 Å². The summed E-state index contributed by atoms with van der Waals surface area (Å²) >= 11 is 3.02. The van der Waals surface area contributed by atoms with Crippen molar-refractivity contribution in [2.24, 2.45) is 109 Å². The molecule has 33 nitrogen and oxygen atoms in total. The number of nitrogens with one attached hydrogen (secondary N) is 4. The Kier molecular flexibility index (Phi) is 83.9. The van der Waals surface area contributed by atoms with Gasteiger partial charge in [0.15, 0.2) is 0 Å². The Morgan fingerprint density at radius 2 is 0.700 bits per heavy atom. The molecule has 35 heteroatoms. The second kappa shape index (κ2) is 85.4. The van der Waals surface area contributed by atoms with E-state index in [1.54, 1.807) is 0 Å². The maximum Gasteiger partial charge on any atom is 0.246 e. The number of nitrogens with two attached hydrogens (primary N) is 1. The molecule has 0 bridgehead atoms. The smallest absolute Gasteiger partial charge is 0.246 e. The number of imide groups is 3. The SMILES string of the molecule is C/C(=N\OCCCCCC(=O)C(C)C)C(C)C.C/C(=N\OCCCCCC(=O)C(C)C)c1ccc(CC(NC(=O)COCCNC(C)C)C(N)=O)cc1.C/C(=N\OCCNC(=O)CCC(C)C)C(C)C.C/C(=N\OCCNC(=O)CCN1C(=O)CC(SC(C)C)C1=O)C(C)C.CC(C)C(=O)CCN1C(=O)CC(C(C)C)C1=O.CC(C)CCC(=O)C(C)C.CC(C)CCC(=O)C(C)C.CC(C)SC1CC(=O)N(CCC(=O)C(C)C)C1=O. The quantitative estimate of drug-likeness (QED) is 0.0175. The molecule has 3 aliphatic heterocycles. The lowest BCUT2D eigenvalue weighted by Gasteiger charge is -2.16. The van der Waals surface area contributed by atoms with Crippen molar-refractivity contribution in [3.05, 3.63) is 35.4 Å². The molecule has 1 aromatic rings. The highest BCUT2D eigenvalue weighted by molar-refractivity contribution is 8.01.